The monoisotopic (exact) mass is 375 g/mol. The van der Waals surface area contributed by atoms with E-state index >= 15 is 0 Å². The summed E-state index contributed by atoms with van der Waals surface area (Å²) in [6.07, 6.45) is 0.836. The predicted octanol–water partition coefficient (Wildman–Crippen LogP) is 3.82. The fourth-order valence-electron chi connectivity index (χ4n) is 1.96. The molecule has 144 valence electrons. The second kappa shape index (κ2) is 8.48. The number of rotatable bonds is 5. The van der Waals surface area contributed by atoms with Gasteiger partial charge in [-0.2, -0.15) is 0 Å². The van der Waals surface area contributed by atoms with E-state index in [1.54, 1.807) is 32.9 Å². The highest BCUT2D eigenvalue weighted by atomic mass is 19.1. The Morgan fingerprint density at radius 1 is 1.15 bits per heavy atom. The van der Waals surface area contributed by atoms with Crippen LogP contribution >= 0.6 is 0 Å². The van der Waals surface area contributed by atoms with Crippen LogP contribution in [-0.4, -0.2) is 41.1 Å². The largest absolute Gasteiger partial charge is 0.444 e. The minimum Gasteiger partial charge on any atom is -0.444 e. The molecule has 2 rings (SSSR count). The Bertz CT molecular complexity index is 786. The van der Waals surface area contributed by atoms with Gasteiger partial charge in [-0.15, -0.1) is 0 Å². The minimum atomic E-state index is -0.633. The second-order valence-corrected chi connectivity index (χ2v) is 6.83. The molecule has 0 spiro atoms. The van der Waals surface area contributed by atoms with Crippen LogP contribution < -0.4 is 10.1 Å². The van der Waals surface area contributed by atoms with Crippen LogP contribution in [0.5, 0.6) is 11.6 Å². The summed E-state index contributed by atoms with van der Waals surface area (Å²) in [6, 6.07) is 8.71. The number of carbonyl (C=O) groups excluding carboxylic acids is 2. The number of nitrogens with zero attached hydrogens (tertiary/aromatic N) is 2. The van der Waals surface area contributed by atoms with Gasteiger partial charge >= 0.3 is 6.09 Å². The van der Waals surface area contributed by atoms with Crippen molar-refractivity contribution in [3.8, 4) is 11.6 Å². The maximum Gasteiger partial charge on any atom is 0.410 e. The topological polar surface area (TPSA) is 80.8 Å². The van der Waals surface area contributed by atoms with E-state index in [0.29, 0.717) is 17.3 Å². The zero-order valence-corrected chi connectivity index (χ0v) is 15.7. The Balaban J connectivity index is 1.87. The molecule has 0 aliphatic carbocycles. The number of nitrogens with one attached hydrogen (secondary N) is 1. The van der Waals surface area contributed by atoms with Gasteiger partial charge in [0.15, 0.2) is 0 Å². The Hall–Kier alpha value is -3.16. The first kappa shape index (κ1) is 20.2. The quantitative estimate of drug-likeness (QED) is 0.859. The molecule has 0 aliphatic heterocycles. The highest BCUT2D eigenvalue weighted by Gasteiger charge is 2.21. The maximum atomic E-state index is 12.9. The zero-order valence-electron chi connectivity index (χ0n) is 15.7. The van der Waals surface area contributed by atoms with Gasteiger partial charge in [-0.1, -0.05) is 0 Å². The molecule has 27 heavy (non-hydrogen) atoms. The van der Waals surface area contributed by atoms with Crippen LogP contribution in [0.15, 0.2) is 42.6 Å². The molecule has 1 N–H and O–H groups in total. The van der Waals surface area contributed by atoms with Gasteiger partial charge in [0.25, 0.3) is 0 Å². The van der Waals surface area contributed by atoms with Gasteiger partial charge in [0.2, 0.25) is 11.8 Å². The van der Waals surface area contributed by atoms with Crippen molar-refractivity contribution in [2.75, 3.05) is 18.9 Å². The van der Waals surface area contributed by atoms with E-state index in [9.17, 15) is 14.0 Å². The molecule has 0 saturated heterocycles. The van der Waals surface area contributed by atoms with E-state index in [4.69, 9.17) is 9.47 Å². The summed E-state index contributed by atoms with van der Waals surface area (Å²) in [5, 5.41) is 2.63. The van der Waals surface area contributed by atoms with E-state index < -0.39 is 17.6 Å². The number of amides is 2. The van der Waals surface area contributed by atoms with Gasteiger partial charge in [0.1, 0.15) is 23.7 Å². The van der Waals surface area contributed by atoms with Gasteiger partial charge in [-0.05, 0) is 51.1 Å². The number of anilines is 1. The number of aromatic nitrogens is 1. The Labute approximate surface area is 157 Å². The number of pyridine rings is 1. The highest BCUT2D eigenvalue weighted by molar-refractivity contribution is 5.93. The van der Waals surface area contributed by atoms with Crippen LogP contribution in [0.4, 0.5) is 14.9 Å². The van der Waals surface area contributed by atoms with Crippen LogP contribution in [0.3, 0.4) is 0 Å². The van der Waals surface area contributed by atoms with Gasteiger partial charge in [0.05, 0.1) is 11.9 Å². The standard InChI is InChI=1S/C19H22FN3O4/c1-19(2,3)27-18(25)23(4)12-16(24)22-14-7-10-17(21-11-14)26-15-8-5-13(20)6-9-15/h5-11H,12H2,1-4H3,(H,22,24). The van der Waals surface area contributed by atoms with Crippen molar-refractivity contribution >= 4 is 17.7 Å². The number of likely N-dealkylation sites (N-methyl/N-ethyl adjacent to an activating group) is 1. The molecular formula is C19H22FN3O4. The van der Waals surface area contributed by atoms with Gasteiger partial charge in [0, 0.05) is 13.1 Å². The van der Waals surface area contributed by atoms with Gasteiger partial charge < -0.3 is 19.7 Å². The summed E-state index contributed by atoms with van der Waals surface area (Å²) < 4.78 is 23.5. The molecule has 0 aliphatic rings. The van der Waals surface area contributed by atoms with Crippen LogP contribution in [-0.2, 0) is 9.53 Å². The van der Waals surface area contributed by atoms with Gasteiger partial charge in [-0.3, -0.25) is 4.79 Å². The molecule has 0 radical (unpaired) electrons. The van der Waals surface area contributed by atoms with Crippen molar-refractivity contribution in [3.05, 3.63) is 48.4 Å². The lowest BCUT2D eigenvalue weighted by atomic mass is 10.2. The normalized spacial score (nSPS) is 10.9. The lowest BCUT2D eigenvalue weighted by Crippen LogP contribution is -2.38. The van der Waals surface area contributed by atoms with Crippen molar-refractivity contribution in [2.45, 2.75) is 26.4 Å². The number of halogens is 1. The third-order valence-corrected chi connectivity index (χ3v) is 3.14. The molecule has 1 aromatic carbocycles. The van der Waals surface area contributed by atoms with Crippen molar-refractivity contribution in [1.82, 2.24) is 9.88 Å². The molecule has 2 aromatic rings. The first-order chi connectivity index (χ1) is 12.6. The van der Waals surface area contributed by atoms with Crippen molar-refractivity contribution in [2.24, 2.45) is 0 Å². The molecule has 0 saturated carbocycles. The van der Waals surface area contributed by atoms with E-state index in [1.165, 1.54) is 42.4 Å². The summed E-state index contributed by atoms with van der Waals surface area (Å²) in [5.41, 5.74) is -0.185. The Kier molecular flexibility index (Phi) is 6.33. The predicted molar refractivity (Wildman–Crippen MR) is 98.2 cm³/mol. The average Bonchev–Trinajstić information content (AvgIpc) is 2.57. The van der Waals surface area contributed by atoms with Gasteiger partial charge in [-0.25, -0.2) is 14.2 Å². The fourth-order valence-corrected chi connectivity index (χ4v) is 1.96. The lowest BCUT2D eigenvalue weighted by Gasteiger charge is -2.24. The molecular weight excluding hydrogens is 353 g/mol. The van der Waals surface area contributed by atoms with Crippen LogP contribution in [0.1, 0.15) is 20.8 Å². The number of hydrogen-bond donors (Lipinski definition) is 1. The first-order valence-electron chi connectivity index (χ1n) is 8.26. The van der Waals surface area contributed by atoms with Crippen molar-refractivity contribution in [3.63, 3.8) is 0 Å². The zero-order chi connectivity index (χ0) is 20.0. The Morgan fingerprint density at radius 3 is 2.37 bits per heavy atom. The van der Waals surface area contributed by atoms with E-state index in [0.717, 1.165) is 0 Å². The van der Waals surface area contributed by atoms with Crippen molar-refractivity contribution < 1.29 is 23.5 Å². The number of ether oxygens (including phenoxy) is 2. The maximum absolute atomic E-state index is 12.9. The molecule has 0 bridgehead atoms. The Morgan fingerprint density at radius 2 is 1.81 bits per heavy atom. The molecule has 2 amide bonds. The average molecular weight is 375 g/mol. The molecule has 7 nitrogen and oxygen atoms in total. The fraction of sp³-hybridized carbons (Fsp3) is 0.316. The summed E-state index contributed by atoms with van der Waals surface area (Å²) in [6.45, 7) is 5.09. The van der Waals surface area contributed by atoms with Crippen molar-refractivity contribution in [1.29, 1.82) is 0 Å². The smallest absolute Gasteiger partial charge is 0.410 e. The minimum absolute atomic E-state index is 0.164. The molecule has 0 fully saturated rings. The van der Waals surface area contributed by atoms with Crippen LogP contribution in [0.2, 0.25) is 0 Å². The summed E-state index contributed by atoms with van der Waals surface area (Å²) in [5.74, 6) is -0.00719. The number of carbonyl (C=O) groups is 2. The van der Waals surface area contributed by atoms with E-state index in [-0.39, 0.29) is 12.4 Å². The van der Waals surface area contributed by atoms with E-state index in [2.05, 4.69) is 10.3 Å². The molecule has 1 aromatic heterocycles. The van der Waals surface area contributed by atoms with E-state index in [1.807, 2.05) is 0 Å². The number of benzene rings is 1. The second-order valence-electron chi connectivity index (χ2n) is 6.83. The molecule has 0 unspecified atom stereocenters. The third-order valence-electron chi connectivity index (χ3n) is 3.14. The summed E-state index contributed by atoms with van der Waals surface area (Å²) in [4.78, 5) is 29.2. The van der Waals surface area contributed by atoms with Crippen LogP contribution in [0.25, 0.3) is 0 Å². The molecule has 8 heteroatoms. The lowest BCUT2D eigenvalue weighted by molar-refractivity contribution is -0.117. The molecule has 1 heterocycles. The SMILES string of the molecule is CN(CC(=O)Nc1ccc(Oc2ccc(F)cc2)nc1)C(=O)OC(C)(C)C. The van der Waals surface area contributed by atoms with Crippen LogP contribution in [0, 0.1) is 5.82 Å². The molecule has 0 atom stereocenters. The number of hydrogen-bond acceptors (Lipinski definition) is 5. The first-order valence-corrected chi connectivity index (χ1v) is 8.26. The third kappa shape index (κ3) is 6.93. The highest BCUT2D eigenvalue weighted by Crippen LogP contribution is 2.20. The summed E-state index contributed by atoms with van der Waals surface area (Å²) >= 11 is 0. The summed E-state index contributed by atoms with van der Waals surface area (Å²) in [7, 11) is 1.48.